The van der Waals surface area contributed by atoms with E-state index in [1.54, 1.807) is 0 Å². The van der Waals surface area contributed by atoms with Crippen LogP contribution in [0.15, 0.2) is 18.3 Å². The van der Waals surface area contributed by atoms with Gasteiger partial charge in [-0.05, 0) is 0 Å². The fourth-order valence-corrected chi connectivity index (χ4v) is 1.69. The molecule has 0 amide bonds. The quantitative estimate of drug-likeness (QED) is 0.507. The van der Waals surface area contributed by atoms with E-state index in [-0.39, 0.29) is 48.0 Å². The van der Waals surface area contributed by atoms with Crippen molar-refractivity contribution in [3.63, 3.8) is 0 Å². The fraction of sp³-hybridized carbons (Fsp3) is 0.200. The second-order valence-corrected chi connectivity index (χ2v) is 3.89. The zero-order valence-electron chi connectivity index (χ0n) is 4.99. The predicted octanol–water partition coefficient (Wildman–Crippen LogP) is -5.22. The predicted molar refractivity (Wildman–Crippen MR) is 26.3 cm³/mol. The molecule has 0 aliphatic carbocycles. The maximum absolute atomic E-state index is 3.16. The minimum absolute atomic E-state index is 0. The van der Waals surface area contributed by atoms with Gasteiger partial charge in [-0.3, -0.25) is 0 Å². The zero-order valence-corrected chi connectivity index (χ0v) is 8.96. The van der Waals surface area contributed by atoms with E-state index in [2.05, 4.69) is 21.7 Å². The van der Waals surface area contributed by atoms with E-state index < -0.39 is 0 Å². The Hall–Kier alpha value is 0.743. The molecular formula is C5H7Cl2NZr. The summed E-state index contributed by atoms with van der Waals surface area (Å²) in [5, 5.41) is 0. The number of halogens is 2. The van der Waals surface area contributed by atoms with Crippen molar-refractivity contribution in [2.45, 2.75) is 4.63 Å². The maximum Gasteiger partial charge on any atom is -1.00 e. The fourth-order valence-electron chi connectivity index (χ4n) is 0.486. The maximum atomic E-state index is 3.16. The van der Waals surface area contributed by atoms with Crippen molar-refractivity contribution in [2.24, 2.45) is 0 Å². The van der Waals surface area contributed by atoms with Crippen LogP contribution in [0.3, 0.4) is 0 Å². The molecule has 0 aliphatic rings. The molecule has 0 unspecified atom stereocenters. The van der Waals surface area contributed by atoms with Crippen molar-refractivity contribution >= 4 is 3.40 Å². The largest absolute Gasteiger partial charge is 1.00 e. The number of hydrogen-bond donors (Lipinski definition) is 1. The first-order valence-electron chi connectivity index (χ1n) is 2.24. The summed E-state index contributed by atoms with van der Waals surface area (Å²) in [5.41, 5.74) is 0. The van der Waals surface area contributed by atoms with Crippen molar-refractivity contribution in [1.82, 2.24) is 4.98 Å². The van der Waals surface area contributed by atoms with E-state index in [1.807, 2.05) is 6.20 Å². The van der Waals surface area contributed by atoms with Gasteiger partial charge in [-0.2, -0.15) is 0 Å². The molecule has 0 spiro atoms. The van der Waals surface area contributed by atoms with Gasteiger partial charge in [-0.25, -0.2) is 0 Å². The van der Waals surface area contributed by atoms with Gasteiger partial charge in [0, 0.05) is 0 Å². The van der Waals surface area contributed by atoms with Crippen LogP contribution in [0.2, 0.25) is 4.63 Å². The summed E-state index contributed by atoms with van der Waals surface area (Å²) in [6, 6.07) is 4.21. The Morgan fingerprint density at radius 3 is 2.33 bits per heavy atom. The van der Waals surface area contributed by atoms with E-state index in [1.165, 1.54) is 3.40 Å². The van der Waals surface area contributed by atoms with E-state index in [9.17, 15) is 0 Å². The van der Waals surface area contributed by atoms with Gasteiger partial charge in [0.2, 0.25) is 0 Å². The number of rotatable bonds is 1. The van der Waals surface area contributed by atoms with Gasteiger partial charge in [0.25, 0.3) is 0 Å². The molecule has 0 saturated heterocycles. The van der Waals surface area contributed by atoms with Crippen LogP contribution in [-0.2, 0) is 23.2 Å². The summed E-state index contributed by atoms with van der Waals surface area (Å²) in [4.78, 5) is 3.16. The van der Waals surface area contributed by atoms with Gasteiger partial charge in [0.05, 0.1) is 0 Å². The zero-order chi connectivity index (χ0) is 5.11. The Bertz CT molecular complexity index is 130. The monoisotopic (exact) mass is 241 g/mol. The summed E-state index contributed by atoms with van der Waals surface area (Å²) in [6.07, 6.45) is 1.99. The van der Waals surface area contributed by atoms with Crippen molar-refractivity contribution < 1.29 is 48.0 Å². The molecule has 1 heterocycles. The van der Waals surface area contributed by atoms with E-state index in [0.717, 1.165) is 0 Å². The van der Waals surface area contributed by atoms with E-state index >= 15 is 0 Å². The van der Waals surface area contributed by atoms with Gasteiger partial charge in [-0.15, -0.1) is 0 Å². The molecule has 9 heavy (non-hydrogen) atoms. The smallest absolute Gasteiger partial charge is 1.00 e. The molecule has 0 aromatic carbocycles. The van der Waals surface area contributed by atoms with Crippen LogP contribution in [0.4, 0.5) is 0 Å². The molecule has 1 nitrogen and oxygen atoms in total. The first-order valence-corrected chi connectivity index (χ1v) is 5.93. The third kappa shape index (κ3) is 4.19. The SMILES string of the molecule is [CH3][Zr+2][c]1ccc[nH]1.[Cl-].[Cl-]. The van der Waals surface area contributed by atoms with Crippen LogP contribution in [0.5, 0.6) is 0 Å². The Morgan fingerprint density at radius 1 is 1.44 bits per heavy atom. The summed E-state index contributed by atoms with van der Waals surface area (Å²) >= 11 is -0.152. The summed E-state index contributed by atoms with van der Waals surface area (Å²) in [5.74, 6) is 0. The minimum atomic E-state index is -0.152. The van der Waals surface area contributed by atoms with Crippen LogP contribution in [-0.4, -0.2) is 4.98 Å². The second kappa shape index (κ2) is 6.86. The van der Waals surface area contributed by atoms with Crippen LogP contribution >= 0.6 is 0 Å². The van der Waals surface area contributed by atoms with Crippen LogP contribution < -0.4 is 28.2 Å². The van der Waals surface area contributed by atoms with Gasteiger partial charge in [-0.1, -0.05) is 0 Å². The molecule has 0 bridgehead atoms. The third-order valence-corrected chi connectivity index (χ3v) is 2.96. The minimum Gasteiger partial charge on any atom is -1.00 e. The first-order chi connectivity index (χ1) is 3.43. The topological polar surface area (TPSA) is 15.8 Å². The summed E-state index contributed by atoms with van der Waals surface area (Å²) < 4.78 is 3.78. The number of H-pyrrole nitrogens is 1. The molecule has 0 fully saturated rings. The second-order valence-electron chi connectivity index (χ2n) is 1.33. The molecule has 0 radical (unpaired) electrons. The molecular weight excluding hydrogens is 236 g/mol. The number of aromatic nitrogens is 1. The van der Waals surface area contributed by atoms with Crippen molar-refractivity contribution in [3.8, 4) is 0 Å². The average Bonchev–Trinajstić information content (AvgIpc) is 2.14. The Balaban J connectivity index is 0. The third-order valence-electron chi connectivity index (χ3n) is 0.867. The summed E-state index contributed by atoms with van der Waals surface area (Å²) in [7, 11) is 0. The Labute approximate surface area is 79.0 Å². The standard InChI is InChI=1S/C4H4N.CH3.2ClH.Zr/c1-2-4-5-3-1;;;;/h1-3,5H;1H3;2*1H;/q;;;;+2/p-2. The molecule has 50 valence electrons. The van der Waals surface area contributed by atoms with Gasteiger partial charge < -0.3 is 24.8 Å². The average molecular weight is 243 g/mol. The van der Waals surface area contributed by atoms with Crippen molar-refractivity contribution in [1.29, 1.82) is 0 Å². The van der Waals surface area contributed by atoms with E-state index in [0.29, 0.717) is 0 Å². The first kappa shape index (κ1) is 12.4. The molecule has 1 rings (SSSR count). The van der Waals surface area contributed by atoms with Gasteiger partial charge in [0.1, 0.15) is 0 Å². The molecule has 0 aliphatic heterocycles. The Morgan fingerprint density at radius 2 is 2.11 bits per heavy atom. The number of hydrogen-bond acceptors (Lipinski definition) is 0. The van der Waals surface area contributed by atoms with Crippen molar-refractivity contribution in [3.05, 3.63) is 18.3 Å². The van der Waals surface area contributed by atoms with Crippen LogP contribution in [0.25, 0.3) is 0 Å². The molecule has 0 atom stereocenters. The molecule has 1 N–H and O–H groups in total. The molecule has 4 heteroatoms. The summed E-state index contributed by atoms with van der Waals surface area (Å²) in [6.45, 7) is 0. The van der Waals surface area contributed by atoms with Crippen LogP contribution in [0.1, 0.15) is 0 Å². The van der Waals surface area contributed by atoms with Gasteiger partial charge >= 0.3 is 54.6 Å². The Kier molecular flexibility index (Phi) is 9.47. The van der Waals surface area contributed by atoms with E-state index in [4.69, 9.17) is 0 Å². The number of nitrogens with one attached hydrogen (secondary N) is 1. The normalized spacial score (nSPS) is 6.33. The van der Waals surface area contributed by atoms with Crippen LogP contribution in [0, 0.1) is 0 Å². The number of aromatic amines is 1. The molecule has 1 aromatic rings. The molecule has 0 saturated carbocycles. The molecule has 1 aromatic heterocycles. The van der Waals surface area contributed by atoms with Crippen molar-refractivity contribution in [2.75, 3.05) is 0 Å². The van der Waals surface area contributed by atoms with Gasteiger partial charge in [0.15, 0.2) is 0 Å².